The maximum atomic E-state index is 13.3. The van der Waals surface area contributed by atoms with Gasteiger partial charge in [-0.15, -0.1) is 0 Å². The molecule has 0 fully saturated rings. The van der Waals surface area contributed by atoms with E-state index in [-0.39, 0.29) is 11.5 Å². The van der Waals surface area contributed by atoms with Crippen LogP contribution in [0.2, 0.25) is 0 Å². The molecule has 0 aliphatic carbocycles. The summed E-state index contributed by atoms with van der Waals surface area (Å²) in [6.07, 6.45) is 0.697. The quantitative estimate of drug-likeness (QED) is 0.575. The van der Waals surface area contributed by atoms with Crippen molar-refractivity contribution in [2.24, 2.45) is 0 Å². The van der Waals surface area contributed by atoms with Crippen molar-refractivity contribution in [1.82, 2.24) is 14.7 Å². The smallest absolute Gasteiger partial charge is 0.267 e. The third-order valence-corrected chi connectivity index (χ3v) is 5.96. The third kappa shape index (κ3) is 4.41. The molecule has 8 heteroatoms. The van der Waals surface area contributed by atoms with E-state index in [1.54, 1.807) is 39.2 Å². The standard InChI is InChI=1S/C25H27N3O5/c1-16(28-24(29)10-9-21(26-28)17-5-7-20(31-2)8-6-17)25(30)27-12-11-18-13-22(32-3)23(33-4)14-19(18)15-27/h5-10,13-14,16H,11-12,15H2,1-4H3. The molecular weight excluding hydrogens is 422 g/mol. The third-order valence-electron chi connectivity index (χ3n) is 5.96. The Morgan fingerprint density at radius 3 is 2.24 bits per heavy atom. The fourth-order valence-electron chi connectivity index (χ4n) is 4.06. The second-order valence-electron chi connectivity index (χ2n) is 7.89. The van der Waals surface area contributed by atoms with Crippen molar-refractivity contribution in [1.29, 1.82) is 0 Å². The van der Waals surface area contributed by atoms with E-state index in [9.17, 15) is 9.59 Å². The molecule has 1 aromatic heterocycles. The molecule has 8 nitrogen and oxygen atoms in total. The molecule has 1 atom stereocenters. The number of methoxy groups -OCH3 is 3. The molecule has 4 rings (SSSR count). The lowest BCUT2D eigenvalue weighted by Gasteiger charge is -2.31. The van der Waals surface area contributed by atoms with E-state index in [4.69, 9.17) is 14.2 Å². The Hall–Kier alpha value is -3.81. The number of rotatable bonds is 6. The number of aromatic nitrogens is 2. The number of carbonyl (C=O) groups excluding carboxylic acids is 1. The Kier molecular flexibility index (Phi) is 6.35. The van der Waals surface area contributed by atoms with Crippen LogP contribution in [0, 0.1) is 0 Å². The first-order valence-corrected chi connectivity index (χ1v) is 10.7. The van der Waals surface area contributed by atoms with E-state index < -0.39 is 6.04 Å². The van der Waals surface area contributed by atoms with Gasteiger partial charge in [0.1, 0.15) is 11.8 Å². The Morgan fingerprint density at radius 1 is 0.939 bits per heavy atom. The van der Waals surface area contributed by atoms with Crippen molar-refractivity contribution in [3.05, 3.63) is 70.0 Å². The topological polar surface area (TPSA) is 82.9 Å². The van der Waals surface area contributed by atoms with Crippen molar-refractivity contribution < 1.29 is 19.0 Å². The molecule has 0 radical (unpaired) electrons. The van der Waals surface area contributed by atoms with Gasteiger partial charge in [-0.1, -0.05) is 0 Å². The summed E-state index contributed by atoms with van der Waals surface area (Å²) in [7, 11) is 4.80. The normalized spacial score (nSPS) is 13.8. The minimum atomic E-state index is -0.739. The fourth-order valence-corrected chi connectivity index (χ4v) is 4.06. The number of hydrogen-bond donors (Lipinski definition) is 0. The lowest BCUT2D eigenvalue weighted by Crippen LogP contribution is -2.42. The van der Waals surface area contributed by atoms with Gasteiger partial charge >= 0.3 is 0 Å². The zero-order valence-corrected chi connectivity index (χ0v) is 19.2. The van der Waals surface area contributed by atoms with Gasteiger partial charge in [0.25, 0.3) is 5.56 Å². The second kappa shape index (κ2) is 9.36. The monoisotopic (exact) mass is 449 g/mol. The van der Waals surface area contributed by atoms with Gasteiger partial charge in [-0.3, -0.25) is 9.59 Å². The average molecular weight is 450 g/mol. The van der Waals surface area contributed by atoms with E-state index in [0.29, 0.717) is 36.7 Å². The van der Waals surface area contributed by atoms with Crippen LogP contribution in [0.25, 0.3) is 11.3 Å². The predicted octanol–water partition coefficient (Wildman–Crippen LogP) is 3.08. The number of amides is 1. The number of benzene rings is 2. The number of fused-ring (bicyclic) bond motifs is 1. The second-order valence-corrected chi connectivity index (χ2v) is 7.89. The summed E-state index contributed by atoms with van der Waals surface area (Å²) in [4.78, 5) is 27.6. The molecule has 0 bridgehead atoms. The number of hydrogen-bond acceptors (Lipinski definition) is 6. The van der Waals surface area contributed by atoms with Crippen LogP contribution in [0.15, 0.2) is 53.3 Å². The van der Waals surface area contributed by atoms with Crippen molar-refractivity contribution in [3.63, 3.8) is 0 Å². The van der Waals surface area contributed by atoms with Crippen molar-refractivity contribution >= 4 is 5.91 Å². The Morgan fingerprint density at radius 2 is 1.61 bits per heavy atom. The zero-order valence-electron chi connectivity index (χ0n) is 19.2. The molecule has 0 saturated heterocycles. The minimum absolute atomic E-state index is 0.156. The molecule has 33 heavy (non-hydrogen) atoms. The summed E-state index contributed by atoms with van der Waals surface area (Å²) >= 11 is 0. The first-order valence-electron chi connectivity index (χ1n) is 10.7. The van der Waals surface area contributed by atoms with Crippen LogP contribution in [0.1, 0.15) is 24.1 Å². The van der Waals surface area contributed by atoms with Crippen molar-refractivity contribution in [2.45, 2.75) is 25.9 Å². The van der Waals surface area contributed by atoms with Gasteiger partial charge in [0.2, 0.25) is 5.91 Å². The molecule has 0 N–H and O–H groups in total. The van der Waals surface area contributed by atoms with E-state index in [0.717, 1.165) is 22.4 Å². The van der Waals surface area contributed by atoms with Crippen molar-refractivity contribution in [2.75, 3.05) is 27.9 Å². The number of nitrogens with zero attached hydrogens (tertiary/aromatic N) is 3. The highest BCUT2D eigenvalue weighted by Crippen LogP contribution is 2.33. The Labute approximate surface area is 192 Å². The van der Waals surface area contributed by atoms with Crippen LogP contribution >= 0.6 is 0 Å². The van der Waals surface area contributed by atoms with E-state index >= 15 is 0 Å². The summed E-state index contributed by atoms with van der Waals surface area (Å²) in [5, 5.41) is 4.49. The first-order chi connectivity index (χ1) is 15.9. The molecule has 172 valence electrons. The van der Waals surface area contributed by atoms with Gasteiger partial charge in [0.05, 0.1) is 27.0 Å². The Bertz CT molecular complexity index is 1220. The van der Waals surface area contributed by atoms with E-state index in [1.165, 1.54) is 10.7 Å². The predicted molar refractivity (Wildman–Crippen MR) is 124 cm³/mol. The van der Waals surface area contributed by atoms with Crippen LogP contribution in [-0.4, -0.2) is 48.5 Å². The molecule has 1 unspecified atom stereocenters. The molecular formula is C25H27N3O5. The molecule has 1 aliphatic heterocycles. The van der Waals surface area contributed by atoms with Gasteiger partial charge < -0.3 is 19.1 Å². The summed E-state index contributed by atoms with van der Waals surface area (Å²) in [6, 6.07) is 13.6. The molecule has 3 aromatic rings. The fraction of sp³-hybridized carbons (Fsp3) is 0.320. The van der Waals surface area contributed by atoms with Crippen LogP contribution in [0.4, 0.5) is 0 Å². The van der Waals surface area contributed by atoms with Crippen LogP contribution in [0.5, 0.6) is 17.2 Å². The lowest BCUT2D eigenvalue weighted by molar-refractivity contribution is -0.135. The van der Waals surface area contributed by atoms with Crippen LogP contribution < -0.4 is 19.8 Å². The highest BCUT2D eigenvalue weighted by Gasteiger charge is 2.28. The van der Waals surface area contributed by atoms with Gasteiger partial charge in [0.15, 0.2) is 11.5 Å². The SMILES string of the molecule is COc1ccc(-c2ccc(=O)n(C(C)C(=O)N3CCc4cc(OC)c(OC)cc4C3)n2)cc1. The maximum absolute atomic E-state index is 13.3. The molecule has 1 amide bonds. The van der Waals surface area contributed by atoms with Crippen LogP contribution in [-0.2, 0) is 17.8 Å². The highest BCUT2D eigenvalue weighted by molar-refractivity contribution is 5.80. The van der Waals surface area contributed by atoms with Crippen molar-refractivity contribution in [3.8, 4) is 28.5 Å². The largest absolute Gasteiger partial charge is 0.497 e. The molecule has 2 heterocycles. The van der Waals surface area contributed by atoms with E-state index in [1.807, 2.05) is 36.4 Å². The van der Waals surface area contributed by atoms with Gasteiger partial charge in [-0.05, 0) is 66.9 Å². The van der Waals surface area contributed by atoms with Crippen LogP contribution in [0.3, 0.4) is 0 Å². The molecule has 0 saturated carbocycles. The molecule has 1 aliphatic rings. The minimum Gasteiger partial charge on any atom is -0.497 e. The van der Waals surface area contributed by atoms with E-state index in [2.05, 4.69) is 5.10 Å². The van der Waals surface area contributed by atoms with Gasteiger partial charge in [-0.2, -0.15) is 5.10 Å². The average Bonchev–Trinajstić information content (AvgIpc) is 2.87. The number of ether oxygens (including phenoxy) is 3. The summed E-state index contributed by atoms with van der Waals surface area (Å²) in [5.74, 6) is 1.88. The summed E-state index contributed by atoms with van der Waals surface area (Å²) in [5.41, 5.74) is 3.25. The molecule has 0 spiro atoms. The zero-order chi connectivity index (χ0) is 23.5. The van der Waals surface area contributed by atoms with Gasteiger partial charge in [0, 0.05) is 24.7 Å². The molecule has 2 aromatic carbocycles. The lowest BCUT2D eigenvalue weighted by atomic mass is 9.98. The summed E-state index contributed by atoms with van der Waals surface area (Å²) in [6.45, 7) is 2.70. The number of carbonyl (C=O) groups is 1. The highest BCUT2D eigenvalue weighted by atomic mass is 16.5. The Balaban J connectivity index is 1.58. The summed E-state index contributed by atoms with van der Waals surface area (Å²) < 4.78 is 17.2. The van der Waals surface area contributed by atoms with Gasteiger partial charge in [-0.25, -0.2) is 4.68 Å². The first kappa shape index (κ1) is 22.4. The maximum Gasteiger partial charge on any atom is 0.267 e.